The highest BCUT2D eigenvalue weighted by Gasteiger charge is 2.15. The predicted molar refractivity (Wildman–Crippen MR) is 101 cm³/mol. The summed E-state index contributed by atoms with van der Waals surface area (Å²) in [5.41, 5.74) is 0.0656. The van der Waals surface area contributed by atoms with Crippen LogP contribution in [0.5, 0.6) is 0 Å². The van der Waals surface area contributed by atoms with Crippen molar-refractivity contribution in [3.05, 3.63) is 65.1 Å². The molecule has 0 aliphatic carbocycles. The van der Waals surface area contributed by atoms with Gasteiger partial charge >= 0.3 is 0 Å². The summed E-state index contributed by atoms with van der Waals surface area (Å²) in [5, 5.41) is 4.15. The monoisotopic (exact) mass is 423 g/mol. The van der Waals surface area contributed by atoms with E-state index < -0.39 is 19.9 Å². The molecule has 1 aromatic carbocycles. The fourth-order valence-electron chi connectivity index (χ4n) is 2.40. The first-order valence-electron chi connectivity index (χ1n) is 8.09. The Labute approximate surface area is 161 Å². The van der Waals surface area contributed by atoms with Gasteiger partial charge in [-0.25, -0.2) is 26.2 Å². The van der Waals surface area contributed by atoms with E-state index in [1.165, 1.54) is 42.7 Å². The third-order valence-electron chi connectivity index (χ3n) is 3.82. The number of hydrogen-bond donors (Lipinski definition) is 1. The maximum atomic E-state index is 12.3. The van der Waals surface area contributed by atoms with Crippen molar-refractivity contribution in [3.63, 3.8) is 0 Å². The average molecular weight is 423 g/mol. The summed E-state index contributed by atoms with van der Waals surface area (Å²) in [6.45, 7) is -0.0707. The van der Waals surface area contributed by atoms with E-state index in [9.17, 15) is 21.6 Å². The van der Waals surface area contributed by atoms with Crippen molar-refractivity contribution in [3.8, 4) is 11.5 Å². The first-order chi connectivity index (χ1) is 13.2. The number of rotatable bonds is 7. The molecular weight excluding hydrogens is 406 g/mol. The molecule has 0 spiro atoms. The molecular formula is C17H17N3O6S2. The third-order valence-corrected chi connectivity index (χ3v) is 6.42. The van der Waals surface area contributed by atoms with E-state index in [2.05, 4.69) is 9.82 Å². The fraction of sp³-hybridized carbons (Fsp3) is 0.176. The standard InChI is InChI=1S/C17H17N3O6S2/c1-27(22,23)13-4-6-14(7-5-13)28(24,25)18-10-11-20-17(21)9-8-15(19-20)16-3-2-12-26-16/h2-9,12,18H,10-11H2,1H3. The van der Waals surface area contributed by atoms with Crippen LogP contribution >= 0.6 is 0 Å². The largest absolute Gasteiger partial charge is 0.463 e. The Balaban J connectivity index is 1.70. The molecule has 0 saturated carbocycles. The third kappa shape index (κ3) is 4.55. The van der Waals surface area contributed by atoms with Gasteiger partial charge in [0.1, 0.15) is 5.69 Å². The van der Waals surface area contributed by atoms with Gasteiger partial charge < -0.3 is 4.42 Å². The molecule has 0 radical (unpaired) electrons. The van der Waals surface area contributed by atoms with Crippen molar-refractivity contribution in [2.45, 2.75) is 16.3 Å². The number of hydrogen-bond acceptors (Lipinski definition) is 7. The van der Waals surface area contributed by atoms with Crippen LogP contribution in [0.2, 0.25) is 0 Å². The SMILES string of the molecule is CS(=O)(=O)c1ccc(S(=O)(=O)NCCn2nc(-c3ccco3)ccc2=O)cc1. The van der Waals surface area contributed by atoms with E-state index in [1.807, 2.05) is 0 Å². The van der Waals surface area contributed by atoms with Gasteiger partial charge in [0.05, 0.1) is 22.6 Å². The van der Waals surface area contributed by atoms with Gasteiger partial charge in [-0.15, -0.1) is 0 Å². The molecule has 0 aliphatic heterocycles. The highest BCUT2D eigenvalue weighted by atomic mass is 32.2. The molecule has 148 valence electrons. The van der Waals surface area contributed by atoms with E-state index in [1.54, 1.807) is 12.1 Å². The van der Waals surface area contributed by atoms with E-state index in [4.69, 9.17) is 4.42 Å². The lowest BCUT2D eigenvalue weighted by atomic mass is 10.3. The van der Waals surface area contributed by atoms with Crippen LogP contribution in [0, 0.1) is 0 Å². The van der Waals surface area contributed by atoms with Gasteiger partial charge in [0.2, 0.25) is 10.0 Å². The summed E-state index contributed by atoms with van der Waals surface area (Å²) in [5.74, 6) is 0.486. The summed E-state index contributed by atoms with van der Waals surface area (Å²) < 4.78 is 56.3. The van der Waals surface area contributed by atoms with Gasteiger partial charge in [-0.05, 0) is 42.5 Å². The minimum Gasteiger partial charge on any atom is -0.463 e. The van der Waals surface area contributed by atoms with E-state index in [-0.39, 0.29) is 28.4 Å². The van der Waals surface area contributed by atoms with Gasteiger partial charge in [0, 0.05) is 18.9 Å². The fourth-order valence-corrected chi connectivity index (χ4v) is 4.05. The first-order valence-corrected chi connectivity index (χ1v) is 11.5. The van der Waals surface area contributed by atoms with Crippen molar-refractivity contribution in [1.29, 1.82) is 0 Å². The highest BCUT2D eigenvalue weighted by Crippen LogP contribution is 2.15. The number of nitrogens with one attached hydrogen (secondary N) is 1. The van der Waals surface area contributed by atoms with Gasteiger partial charge in [-0.2, -0.15) is 5.10 Å². The van der Waals surface area contributed by atoms with Crippen LogP contribution in [0.15, 0.2) is 73.8 Å². The lowest BCUT2D eigenvalue weighted by Crippen LogP contribution is -2.32. The molecule has 28 heavy (non-hydrogen) atoms. The molecule has 0 saturated heterocycles. The maximum Gasteiger partial charge on any atom is 0.266 e. The Kier molecular flexibility index (Phi) is 5.49. The topological polar surface area (TPSA) is 128 Å². The summed E-state index contributed by atoms with van der Waals surface area (Å²) in [7, 11) is -7.28. The van der Waals surface area contributed by atoms with Crippen LogP contribution in [-0.4, -0.2) is 39.4 Å². The lowest BCUT2D eigenvalue weighted by Gasteiger charge is -2.09. The van der Waals surface area contributed by atoms with E-state index >= 15 is 0 Å². The highest BCUT2D eigenvalue weighted by molar-refractivity contribution is 7.90. The molecule has 3 aromatic rings. The first kappa shape index (κ1) is 20.0. The Morgan fingerprint density at radius 2 is 1.68 bits per heavy atom. The second-order valence-electron chi connectivity index (χ2n) is 5.90. The van der Waals surface area contributed by atoms with Crippen LogP contribution in [0.25, 0.3) is 11.5 Å². The molecule has 0 fully saturated rings. The Hall–Kier alpha value is -2.76. The minimum atomic E-state index is -3.87. The number of furan rings is 1. The lowest BCUT2D eigenvalue weighted by molar-refractivity contribution is 0.539. The molecule has 11 heteroatoms. The maximum absolute atomic E-state index is 12.3. The summed E-state index contributed by atoms with van der Waals surface area (Å²) >= 11 is 0. The zero-order chi connectivity index (χ0) is 20.4. The summed E-state index contributed by atoms with van der Waals surface area (Å²) in [4.78, 5) is 11.9. The van der Waals surface area contributed by atoms with Crippen molar-refractivity contribution >= 4 is 19.9 Å². The molecule has 0 aliphatic rings. The predicted octanol–water partition coefficient (Wildman–Crippen LogP) is 0.885. The quantitative estimate of drug-likeness (QED) is 0.597. The van der Waals surface area contributed by atoms with Crippen LogP contribution in [0.1, 0.15) is 0 Å². The summed E-state index contributed by atoms with van der Waals surface area (Å²) in [6.07, 6.45) is 2.52. The number of benzene rings is 1. The Morgan fingerprint density at radius 3 is 2.29 bits per heavy atom. The van der Waals surface area contributed by atoms with Gasteiger partial charge in [-0.3, -0.25) is 4.79 Å². The molecule has 2 heterocycles. The average Bonchev–Trinajstić information content (AvgIpc) is 3.17. The van der Waals surface area contributed by atoms with Gasteiger partial charge in [0.15, 0.2) is 15.6 Å². The summed E-state index contributed by atoms with van der Waals surface area (Å²) in [6, 6.07) is 11.1. The Morgan fingerprint density at radius 1 is 1.00 bits per heavy atom. The molecule has 0 unspecified atom stereocenters. The van der Waals surface area contributed by atoms with Crippen LogP contribution in [-0.2, 0) is 26.4 Å². The van der Waals surface area contributed by atoms with Crippen LogP contribution in [0.4, 0.5) is 0 Å². The molecule has 0 bridgehead atoms. The minimum absolute atomic E-state index is 0.00797. The number of sulfonamides is 1. The second kappa shape index (κ2) is 7.70. The molecule has 0 amide bonds. The van der Waals surface area contributed by atoms with Crippen molar-refractivity contribution in [2.24, 2.45) is 0 Å². The van der Waals surface area contributed by atoms with E-state index in [0.717, 1.165) is 10.9 Å². The zero-order valence-corrected chi connectivity index (χ0v) is 16.4. The molecule has 2 aromatic heterocycles. The Bertz CT molecular complexity index is 1230. The zero-order valence-electron chi connectivity index (χ0n) is 14.8. The molecule has 1 N–H and O–H groups in total. The van der Waals surface area contributed by atoms with E-state index in [0.29, 0.717) is 11.5 Å². The molecule has 9 nitrogen and oxygen atoms in total. The molecule has 3 rings (SSSR count). The number of nitrogens with zero attached hydrogens (tertiary/aromatic N) is 2. The van der Waals surface area contributed by atoms with Crippen LogP contribution < -0.4 is 10.3 Å². The second-order valence-corrected chi connectivity index (χ2v) is 9.68. The van der Waals surface area contributed by atoms with Crippen molar-refractivity contribution in [1.82, 2.24) is 14.5 Å². The smallest absolute Gasteiger partial charge is 0.266 e. The van der Waals surface area contributed by atoms with Crippen LogP contribution in [0.3, 0.4) is 0 Å². The van der Waals surface area contributed by atoms with Gasteiger partial charge in [-0.1, -0.05) is 0 Å². The number of aromatic nitrogens is 2. The normalized spacial score (nSPS) is 12.2. The van der Waals surface area contributed by atoms with Crippen molar-refractivity contribution < 1.29 is 21.3 Å². The van der Waals surface area contributed by atoms with Gasteiger partial charge in [0.25, 0.3) is 5.56 Å². The number of sulfone groups is 1. The molecule has 0 atom stereocenters. The van der Waals surface area contributed by atoms with Crippen molar-refractivity contribution in [2.75, 3.05) is 12.8 Å².